The monoisotopic (exact) mass is 404 g/mol. The number of carbonyl (C=O) groups is 2. The Hall–Kier alpha value is -3.44. The average Bonchev–Trinajstić information content (AvgIpc) is 2.99. The zero-order valence-electron chi connectivity index (χ0n) is 15.5. The highest BCUT2D eigenvalue weighted by atomic mass is 35.5. The third-order valence-electron chi connectivity index (χ3n) is 4.80. The first-order valence-electron chi connectivity index (χ1n) is 9.03. The second-order valence-corrected chi connectivity index (χ2v) is 7.16. The van der Waals surface area contributed by atoms with Gasteiger partial charge in [0, 0.05) is 16.3 Å². The van der Waals surface area contributed by atoms with E-state index in [4.69, 9.17) is 11.6 Å². The Morgan fingerprint density at radius 3 is 2.31 bits per heavy atom. The number of nitrogens with zero attached hydrogens (tertiary/aromatic N) is 2. The predicted molar refractivity (Wildman–Crippen MR) is 112 cm³/mol. The molecular weight excluding hydrogens is 388 g/mol. The maximum atomic E-state index is 13.0. The van der Waals surface area contributed by atoms with Crippen LogP contribution in [-0.4, -0.2) is 21.8 Å². The molecule has 0 radical (unpaired) electrons. The summed E-state index contributed by atoms with van der Waals surface area (Å²) < 4.78 is 0. The zero-order chi connectivity index (χ0) is 20.5. The highest BCUT2D eigenvalue weighted by Gasteiger charge is 2.47. The lowest BCUT2D eigenvalue weighted by Gasteiger charge is -2.24. The van der Waals surface area contributed by atoms with Gasteiger partial charge in [0.1, 0.15) is 11.6 Å². The van der Waals surface area contributed by atoms with Gasteiger partial charge in [0.2, 0.25) is 0 Å². The van der Waals surface area contributed by atoms with E-state index in [1.165, 1.54) is 4.90 Å². The first-order chi connectivity index (χ1) is 14.0. The van der Waals surface area contributed by atoms with Crippen molar-refractivity contribution in [2.75, 3.05) is 4.90 Å². The van der Waals surface area contributed by atoms with Gasteiger partial charge in [0.15, 0.2) is 0 Å². The molecule has 6 heteroatoms. The highest BCUT2D eigenvalue weighted by Crippen LogP contribution is 2.41. The molecular formula is C23H17ClN2O3. The number of Topliss-reactive ketones (excluding diaryl/α,β-unsaturated/α-hetero) is 1. The van der Waals surface area contributed by atoms with Crippen molar-refractivity contribution in [2.45, 2.75) is 13.0 Å². The van der Waals surface area contributed by atoms with Crippen LogP contribution in [0.2, 0.25) is 5.02 Å². The van der Waals surface area contributed by atoms with Crippen LogP contribution in [0, 0.1) is 6.92 Å². The Morgan fingerprint density at radius 1 is 0.966 bits per heavy atom. The fourth-order valence-electron chi connectivity index (χ4n) is 3.45. The minimum Gasteiger partial charge on any atom is -0.507 e. The molecule has 1 atom stereocenters. The molecule has 29 heavy (non-hydrogen) atoms. The number of aromatic nitrogens is 1. The largest absolute Gasteiger partial charge is 0.507 e. The third kappa shape index (κ3) is 3.41. The van der Waals surface area contributed by atoms with Gasteiger partial charge in [-0.3, -0.25) is 14.5 Å². The number of amides is 1. The second kappa shape index (κ2) is 7.53. The van der Waals surface area contributed by atoms with Crippen molar-refractivity contribution in [1.29, 1.82) is 0 Å². The second-order valence-electron chi connectivity index (χ2n) is 6.72. The molecule has 144 valence electrons. The number of carbonyl (C=O) groups excluding carboxylic acids is 2. The van der Waals surface area contributed by atoms with E-state index in [1.807, 2.05) is 43.3 Å². The number of pyridine rings is 1. The first kappa shape index (κ1) is 18.9. The summed E-state index contributed by atoms with van der Waals surface area (Å²) in [7, 11) is 0. The van der Waals surface area contributed by atoms with Crippen molar-refractivity contribution in [3.05, 3.63) is 100 Å². The van der Waals surface area contributed by atoms with E-state index < -0.39 is 17.7 Å². The van der Waals surface area contributed by atoms with Gasteiger partial charge in [0.05, 0.1) is 11.6 Å². The third-order valence-corrected chi connectivity index (χ3v) is 5.05. The molecule has 1 N–H and O–H groups in total. The summed E-state index contributed by atoms with van der Waals surface area (Å²) in [5, 5.41) is 11.5. The van der Waals surface area contributed by atoms with E-state index in [0.29, 0.717) is 27.7 Å². The maximum Gasteiger partial charge on any atom is 0.301 e. The van der Waals surface area contributed by atoms with Crippen LogP contribution in [0.3, 0.4) is 0 Å². The van der Waals surface area contributed by atoms with E-state index >= 15 is 0 Å². The molecule has 0 aliphatic carbocycles. The van der Waals surface area contributed by atoms with Gasteiger partial charge in [0.25, 0.3) is 5.78 Å². The predicted octanol–water partition coefficient (Wildman–Crippen LogP) is 4.67. The van der Waals surface area contributed by atoms with E-state index in [2.05, 4.69) is 4.98 Å². The van der Waals surface area contributed by atoms with Gasteiger partial charge in [-0.1, -0.05) is 48.0 Å². The summed E-state index contributed by atoms with van der Waals surface area (Å²) in [6.45, 7) is 1.81. The Morgan fingerprint density at radius 2 is 1.66 bits per heavy atom. The first-order valence-corrected chi connectivity index (χ1v) is 9.40. The Labute approximate surface area is 172 Å². The van der Waals surface area contributed by atoms with Crippen LogP contribution < -0.4 is 4.90 Å². The summed E-state index contributed by atoms with van der Waals surface area (Å²) in [6, 6.07) is 20.0. The minimum absolute atomic E-state index is 0.0202. The van der Waals surface area contributed by atoms with Crippen LogP contribution in [0.15, 0.2) is 78.4 Å². The fourth-order valence-corrected chi connectivity index (χ4v) is 3.57. The number of rotatable bonds is 3. The molecule has 5 nitrogen and oxygen atoms in total. The zero-order valence-corrected chi connectivity index (χ0v) is 16.3. The number of anilines is 1. The summed E-state index contributed by atoms with van der Waals surface area (Å²) in [4.78, 5) is 31.7. The van der Waals surface area contributed by atoms with Crippen molar-refractivity contribution in [3.63, 3.8) is 0 Å². The number of aliphatic hydroxyl groups excluding tert-OH is 1. The molecule has 1 aromatic heterocycles. The van der Waals surface area contributed by atoms with Gasteiger partial charge < -0.3 is 5.11 Å². The van der Waals surface area contributed by atoms with Crippen molar-refractivity contribution < 1.29 is 14.7 Å². The normalized spacial score (nSPS) is 18.3. The fraction of sp³-hybridized carbons (Fsp3) is 0.0870. The number of hydrogen-bond acceptors (Lipinski definition) is 4. The van der Waals surface area contributed by atoms with Gasteiger partial charge in [-0.05, 0) is 48.9 Å². The molecule has 3 aromatic rings. The van der Waals surface area contributed by atoms with Crippen LogP contribution >= 0.6 is 11.6 Å². The molecule has 1 aliphatic rings. The van der Waals surface area contributed by atoms with E-state index in [9.17, 15) is 14.7 Å². The molecule has 1 unspecified atom stereocenters. The van der Waals surface area contributed by atoms with Gasteiger partial charge in [-0.15, -0.1) is 0 Å². The van der Waals surface area contributed by atoms with Gasteiger partial charge in [-0.25, -0.2) is 4.98 Å². The minimum atomic E-state index is -0.791. The molecule has 1 aliphatic heterocycles. The van der Waals surface area contributed by atoms with Crippen molar-refractivity contribution in [3.8, 4) is 0 Å². The molecule has 1 fully saturated rings. The van der Waals surface area contributed by atoms with Gasteiger partial charge in [-0.2, -0.15) is 0 Å². The molecule has 1 amide bonds. The van der Waals surface area contributed by atoms with Crippen molar-refractivity contribution >= 4 is 34.9 Å². The number of hydrogen-bond donors (Lipinski definition) is 1. The van der Waals surface area contributed by atoms with E-state index in [0.717, 1.165) is 0 Å². The van der Waals surface area contributed by atoms with Crippen molar-refractivity contribution in [2.24, 2.45) is 0 Å². The quantitative estimate of drug-likeness (QED) is 0.391. The number of aliphatic hydroxyl groups is 1. The Balaban J connectivity index is 1.94. The molecule has 0 spiro atoms. The summed E-state index contributed by atoms with van der Waals surface area (Å²) >= 11 is 5.94. The van der Waals surface area contributed by atoms with Crippen molar-refractivity contribution in [1.82, 2.24) is 4.98 Å². The Bertz CT molecular complexity index is 1120. The number of ketones is 1. The topological polar surface area (TPSA) is 70.5 Å². The highest BCUT2D eigenvalue weighted by molar-refractivity contribution is 6.51. The maximum absolute atomic E-state index is 13.0. The van der Waals surface area contributed by atoms with Crippen LogP contribution in [0.4, 0.5) is 5.82 Å². The molecule has 0 saturated carbocycles. The lowest BCUT2D eigenvalue weighted by Crippen LogP contribution is -2.30. The van der Waals surface area contributed by atoms with Crippen LogP contribution in [-0.2, 0) is 9.59 Å². The summed E-state index contributed by atoms with van der Waals surface area (Å²) in [6.07, 6.45) is 0. The lowest BCUT2D eigenvalue weighted by atomic mass is 9.95. The van der Waals surface area contributed by atoms with Crippen LogP contribution in [0.25, 0.3) is 5.76 Å². The molecule has 4 rings (SSSR count). The summed E-state index contributed by atoms with van der Waals surface area (Å²) in [5.41, 5.74) is 1.84. The molecule has 1 saturated heterocycles. The van der Waals surface area contributed by atoms with E-state index in [1.54, 1.807) is 36.4 Å². The van der Waals surface area contributed by atoms with Crippen LogP contribution in [0.1, 0.15) is 22.9 Å². The molecule has 0 bridgehead atoms. The smallest absolute Gasteiger partial charge is 0.301 e. The molecule has 2 heterocycles. The van der Waals surface area contributed by atoms with E-state index in [-0.39, 0.29) is 11.3 Å². The number of halogens is 1. The van der Waals surface area contributed by atoms with Crippen LogP contribution in [0.5, 0.6) is 0 Å². The standard InChI is InChI=1S/C23H17ClN2O3/c1-14-6-5-9-18(25-14)26-20(15-7-3-2-4-8-15)19(22(28)23(26)29)21(27)16-10-12-17(24)13-11-16/h2-13,20,27H,1H3/b21-19+. The number of benzene rings is 2. The average molecular weight is 405 g/mol. The number of aryl methyl sites for hydroxylation is 1. The van der Waals surface area contributed by atoms with Gasteiger partial charge >= 0.3 is 5.91 Å². The summed E-state index contributed by atoms with van der Waals surface area (Å²) in [5.74, 6) is -1.37. The SMILES string of the molecule is Cc1cccc(N2C(=O)C(=O)/C(=C(/O)c3ccc(Cl)cc3)C2c2ccccc2)n1. The lowest BCUT2D eigenvalue weighted by molar-refractivity contribution is -0.132. The Kier molecular flexibility index (Phi) is 4.91. The molecule has 2 aromatic carbocycles.